The second-order valence-electron chi connectivity index (χ2n) is 8.25. The number of likely N-dealkylation sites (N-methyl/N-ethyl adjacent to an activating group) is 1. The molecular weight excluding hydrogens is 398 g/mol. The molecule has 0 saturated carbocycles. The molecule has 2 aliphatic rings. The van der Waals surface area contributed by atoms with E-state index >= 15 is 0 Å². The van der Waals surface area contributed by atoms with Crippen LogP contribution in [0.5, 0.6) is 0 Å². The topological polar surface area (TPSA) is 108 Å². The van der Waals surface area contributed by atoms with E-state index in [0.29, 0.717) is 26.1 Å². The fourth-order valence-electron chi connectivity index (χ4n) is 4.42. The molecule has 1 aromatic carbocycles. The highest BCUT2D eigenvalue weighted by atomic mass is 16.6. The van der Waals surface area contributed by atoms with Gasteiger partial charge in [-0.3, -0.25) is 19.9 Å². The first kappa shape index (κ1) is 21.0. The Bertz CT molecular complexity index is 953. The summed E-state index contributed by atoms with van der Waals surface area (Å²) in [6.45, 7) is 3.39. The molecule has 10 heteroatoms. The Kier molecular flexibility index (Phi) is 5.99. The van der Waals surface area contributed by atoms with Crippen molar-refractivity contribution in [1.29, 1.82) is 0 Å². The summed E-state index contributed by atoms with van der Waals surface area (Å²) in [6, 6.07) is 4.92. The Labute approximate surface area is 181 Å². The van der Waals surface area contributed by atoms with Gasteiger partial charge in [0, 0.05) is 62.9 Å². The number of amides is 1. The number of rotatable bonds is 6. The van der Waals surface area contributed by atoms with Gasteiger partial charge in [-0.2, -0.15) is 0 Å². The molecule has 1 saturated heterocycles. The van der Waals surface area contributed by atoms with Crippen molar-refractivity contribution >= 4 is 23.1 Å². The van der Waals surface area contributed by atoms with Gasteiger partial charge in [-0.05, 0) is 32.1 Å². The maximum Gasteiger partial charge on any atom is 0.269 e. The van der Waals surface area contributed by atoms with Gasteiger partial charge in [0.05, 0.1) is 23.1 Å². The molecule has 31 heavy (non-hydrogen) atoms. The third-order valence-corrected chi connectivity index (χ3v) is 5.97. The predicted molar refractivity (Wildman–Crippen MR) is 117 cm³/mol. The number of piperazine rings is 1. The van der Waals surface area contributed by atoms with Crippen LogP contribution in [0, 0.1) is 16.0 Å². The maximum atomic E-state index is 13.2. The summed E-state index contributed by atoms with van der Waals surface area (Å²) in [7, 11) is 3.92. The lowest BCUT2D eigenvalue weighted by molar-refractivity contribution is -0.384. The minimum Gasteiger partial charge on any atom is -0.364 e. The van der Waals surface area contributed by atoms with Crippen LogP contribution in [0.25, 0.3) is 0 Å². The van der Waals surface area contributed by atoms with E-state index < -0.39 is 0 Å². The van der Waals surface area contributed by atoms with Crippen LogP contribution in [-0.2, 0) is 11.2 Å². The predicted octanol–water partition coefficient (Wildman–Crippen LogP) is 0.930. The lowest BCUT2D eigenvalue weighted by Gasteiger charge is -2.49. The van der Waals surface area contributed by atoms with Crippen LogP contribution in [0.3, 0.4) is 0 Å². The number of nitrogens with one attached hydrogen (secondary N) is 1. The van der Waals surface area contributed by atoms with Crippen LogP contribution in [0.4, 0.5) is 17.2 Å². The molecule has 0 aliphatic carbocycles. The Hall–Kier alpha value is -3.27. The number of aromatic nitrogens is 2. The first-order valence-corrected chi connectivity index (χ1v) is 10.4. The fraction of sp³-hybridized carbons (Fsp3) is 0.476. The first-order valence-electron chi connectivity index (χ1n) is 10.4. The first-order chi connectivity index (χ1) is 14.9. The van der Waals surface area contributed by atoms with Crippen LogP contribution in [0.15, 0.2) is 36.8 Å². The molecule has 4 rings (SSSR count). The van der Waals surface area contributed by atoms with E-state index in [0.717, 1.165) is 30.2 Å². The van der Waals surface area contributed by atoms with E-state index in [1.54, 1.807) is 30.7 Å². The Morgan fingerprint density at radius 1 is 1.32 bits per heavy atom. The number of carbonyl (C=O) groups excluding carboxylic acids is 1. The lowest BCUT2D eigenvalue weighted by atomic mass is 9.83. The van der Waals surface area contributed by atoms with Crippen molar-refractivity contribution in [2.75, 3.05) is 56.6 Å². The number of hydrogen-bond donors (Lipinski definition) is 1. The summed E-state index contributed by atoms with van der Waals surface area (Å²) in [4.78, 5) is 39.1. The molecular formula is C21H27N7O3. The van der Waals surface area contributed by atoms with Crippen molar-refractivity contribution in [3.8, 4) is 0 Å². The maximum absolute atomic E-state index is 13.2. The molecule has 2 atom stereocenters. The molecule has 164 valence electrons. The SMILES string of the molecule is CN(C)CCNC(=O)[C@@H]1Cc2cc([N+](=O)[O-])ccc2N2CCN(c3cnccn3)C[C@H]12. The standard InChI is InChI=1S/C21H27N7O3/c1-25(2)8-7-24-21(29)17-12-15-11-16(28(30)31)3-4-18(15)27-10-9-26(14-19(17)27)20-13-22-5-6-23-20/h3-6,11,13,17,19H,7-10,12,14H2,1-2H3,(H,24,29)/t17-,19-/m1/s1. The van der Waals surface area contributed by atoms with Crippen LogP contribution >= 0.6 is 0 Å². The molecule has 1 amide bonds. The van der Waals surface area contributed by atoms with Crippen LogP contribution < -0.4 is 15.1 Å². The molecule has 1 aromatic heterocycles. The van der Waals surface area contributed by atoms with Crippen molar-refractivity contribution in [3.05, 3.63) is 52.5 Å². The number of nitrogens with zero attached hydrogens (tertiary/aromatic N) is 6. The van der Waals surface area contributed by atoms with Gasteiger partial charge < -0.3 is 20.0 Å². The molecule has 10 nitrogen and oxygen atoms in total. The minimum absolute atomic E-state index is 0.0185. The van der Waals surface area contributed by atoms with Gasteiger partial charge in [-0.25, -0.2) is 4.98 Å². The summed E-state index contributed by atoms with van der Waals surface area (Å²) in [5, 5.41) is 14.3. The molecule has 0 unspecified atom stereocenters. The molecule has 3 heterocycles. The van der Waals surface area contributed by atoms with E-state index in [9.17, 15) is 14.9 Å². The van der Waals surface area contributed by atoms with Gasteiger partial charge >= 0.3 is 0 Å². The second kappa shape index (κ2) is 8.84. The molecule has 0 radical (unpaired) electrons. The summed E-state index contributed by atoms with van der Waals surface area (Å²) in [5.74, 6) is 0.467. The molecule has 0 bridgehead atoms. The third kappa shape index (κ3) is 4.43. The average molecular weight is 425 g/mol. The minimum atomic E-state index is -0.384. The monoisotopic (exact) mass is 425 g/mol. The molecule has 1 fully saturated rings. The molecule has 0 spiro atoms. The number of nitro groups is 1. The van der Waals surface area contributed by atoms with Crippen LogP contribution in [0.2, 0.25) is 0 Å². The molecule has 2 aliphatic heterocycles. The van der Waals surface area contributed by atoms with Crippen molar-refractivity contribution in [2.45, 2.75) is 12.5 Å². The molecule has 1 N–H and O–H groups in total. The van der Waals surface area contributed by atoms with Gasteiger partial charge in [0.1, 0.15) is 5.82 Å². The van der Waals surface area contributed by atoms with Crippen molar-refractivity contribution in [3.63, 3.8) is 0 Å². The molecule has 2 aromatic rings. The highest BCUT2D eigenvalue weighted by Crippen LogP contribution is 2.38. The Morgan fingerprint density at radius 2 is 2.16 bits per heavy atom. The number of carbonyl (C=O) groups is 1. The number of hydrogen-bond acceptors (Lipinski definition) is 8. The van der Waals surface area contributed by atoms with E-state index in [1.807, 2.05) is 25.1 Å². The zero-order chi connectivity index (χ0) is 22.0. The van der Waals surface area contributed by atoms with E-state index in [-0.39, 0.29) is 28.5 Å². The fourth-order valence-corrected chi connectivity index (χ4v) is 4.42. The van der Waals surface area contributed by atoms with Crippen LogP contribution in [0.1, 0.15) is 5.56 Å². The third-order valence-electron chi connectivity index (χ3n) is 5.97. The highest BCUT2D eigenvalue weighted by molar-refractivity contribution is 5.82. The summed E-state index contributed by atoms with van der Waals surface area (Å²) in [6.07, 6.45) is 5.52. The smallest absolute Gasteiger partial charge is 0.269 e. The second-order valence-corrected chi connectivity index (χ2v) is 8.25. The largest absolute Gasteiger partial charge is 0.364 e. The lowest BCUT2D eigenvalue weighted by Crippen LogP contribution is -2.61. The number of fused-ring (bicyclic) bond motifs is 3. The summed E-state index contributed by atoms with van der Waals surface area (Å²) >= 11 is 0. The Morgan fingerprint density at radius 3 is 2.87 bits per heavy atom. The number of nitro benzene ring substituents is 1. The number of non-ortho nitro benzene ring substituents is 1. The van der Waals surface area contributed by atoms with Crippen LogP contribution in [-0.4, -0.2) is 78.6 Å². The van der Waals surface area contributed by atoms with Gasteiger partial charge in [0.15, 0.2) is 0 Å². The van der Waals surface area contributed by atoms with Gasteiger partial charge in [0.25, 0.3) is 5.69 Å². The van der Waals surface area contributed by atoms with Gasteiger partial charge in [-0.1, -0.05) is 0 Å². The van der Waals surface area contributed by atoms with E-state index in [1.165, 1.54) is 0 Å². The quantitative estimate of drug-likeness (QED) is 0.538. The zero-order valence-corrected chi connectivity index (χ0v) is 17.8. The van der Waals surface area contributed by atoms with Gasteiger partial charge in [0.2, 0.25) is 5.91 Å². The summed E-state index contributed by atoms with van der Waals surface area (Å²) in [5.41, 5.74) is 1.89. The normalized spacial score (nSPS) is 20.2. The Balaban J connectivity index is 1.62. The number of anilines is 2. The number of benzene rings is 1. The zero-order valence-electron chi connectivity index (χ0n) is 17.8. The van der Waals surface area contributed by atoms with E-state index in [2.05, 4.69) is 25.1 Å². The van der Waals surface area contributed by atoms with Crippen molar-refractivity contribution in [1.82, 2.24) is 20.2 Å². The average Bonchev–Trinajstić information content (AvgIpc) is 2.78. The van der Waals surface area contributed by atoms with Crippen molar-refractivity contribution < 1.29 is 9.72 Å². The summed E-state index contributed by atoms with van der Waals surface area (Å²) < 4.78 is 0. The van der Waals surface area contributed by atoms with Crippen molar-refractivity contribution in [2.24, 2.45) is 5.92 Å². The van der Waals surface area contributed by atoms with Gasteiger partial charge in [-0.15, -0.1) is 0 Å². The highest BCUT2D eigenvalue weighted by Gasteiger charge is 2.42. The van der Waals surface area contributed by atoms with E-state index in [4.69, 9.17) is 0 Å².